The summed E-state index contributed by atoms with van der Waals surface area (Å²) in [4.78, 5) is 14.0. The van der Waals surface area contributed by atoms with Crippen LogP contribution in [-0.4, -0.2) is 30.1 Å². The van der Waals surface area contributed by atoms with Crippen molar-refractivity contribution in [1.29, 1.82) is 0 Å². The Labute approximate surface area is 164 Å². The number of rotatable bonds is 5. The average molecular weight is 395 g/mol. The summed E-state index contributed by atoms with van der Waals surface area (Å²) in [5.74, 6) is -0.666. The summed E-state index contributed by atoms with van der Waals surface area (Å²) in [5, 5.41) is 3.93. The molecular formula is C19H24Cl2N4O. The Bertz CT molecular complexity index is 788. The maximum Gasteiger partial charge on any atom is 0.251 e. The first-order valence-electron chi connectivity index (χ1n) is 8.95. The molecule has 2 aliphatic rings. The largest absolute Gasteiger partial charge is 0.384 e. The number of hydrogen-bond donors (Lipinski definition) is 3. The van der Waals surface area contributed by atoms with Crippen LogP contribution < -0.4 is 16.8 Å². The van der Waals surface area contributed by atoms with Gasteiger partial charge in [-0.1, -0.05) is 54.7 Å². The molecule has 140 valence electrons. The van der Waals surface area contributed by atoms with E-state index in [1.807, 2.05) is 17.0 Å². The minimum Gasteiger partial charge on any atom is -0.384 e. The Balaban J connectivity index is 2.21. The maximum absolute atomic E-state index is 12.0. The molecule has 0 saturated carbocycles. The molecule has 0 spiro atoms. The molecule has 0 aliphatic carbocycles. The molecule has 0 radical (unpaired) electrons. The lowest BCUT2D eigenvalue weighted by molar-refractivity contribution is -0.114. The summed E-state index contributed by atoms with van der Waals surface area (Å²) in [6.45, 7) is 3.70. The van der Waals surface area contributed by atoms with Crippen LogP contribution in [0.2, 0.25) is 0 Å². The second-order valence-electron chi connectivity index (χ2n) is 6.61. The van der Waals surface area contributed by atoms with Crippen molar-refractivity contribution in [3.8, 4) is 0 Å². The van der Waals surface area contributed by atoms with Gasteiger partial charge in [-0.25, -0.2) is 0 Å². The van der Waals surface area contributed by atoms with Crippen molar-refractivity contribution in [2.45, 2.75) is 38.8 Å². The standard InChI is InChI=1S/C19H24Cl2N4O/c1-2-3-10-25-17(14(20)13(19(23)26)15(21)18(25)22)12-8-4-6-11-7-5-9-24-16(11)12/h4,6,8,18,24H,2-3,5,7,9-10,22H2,1H3,(H2,23,26). The molecule has 2 heterocycles. The van der Waals surface area contributed by atoms with Crippen molar-refractivity contribution in [1.82, 2.24) is 4.90 Å². The number of anilines is 1. The molecule has 1 atom stereocenters. The summed E-state index contributed by atoms with van der Waals surface area (Å²) >= 11 is 13.0. The number of carbonyl (C=O) groups is 1. The van der Waals surface area contributed by atoms with E-state index in [-0.39, 0.29) is 15.6 Å². The first kappa shape index (κ1) is 19.1. The highest BCUT2D eigenvalue weighted by Crippen LogP contribution is 2.43. The van der Waals surface area contributed by atoms with Gasteiger partial charge in [0, 0.05) is 24.3 Å². The zero-order valence-electron chi connectivity index (χ0n) is 14.8. The summed E-state index contributed by atoms with van der Waals surface area (Å²) in [5.41, 5.74) is 16.0. The van der Waals surface area contributed by atoms with E-state index in [4.69, 9.17) is 34.7 Å². The molecule has 7 heteroatoms. The molecule has 5 nitrogen and oxygen atoms in total. The fourth-order valence-electron chi connectivity index (χ4n) is 3.56. The number of halogens is 2. The van der Waals surface area contributed by atoms with Crippen LogP contribution in [0.25, 0.3) is 5.70 Å². The van der Waals surface area contributed by atoms with Gasteiger partial charge in [-0.2, -0.15) is 0 Å². The van der Waals surface area contributed by atoms with Crippen LogP contribution in [0.5, 0.6) is 0 Å². The lowest BCUT2D eigenvalue weighted by Gasteiger charge is -2.39. The third-order valence-electron chi connectivity index (χ3n) is 4.88. The van der Waals surface area contributed by atoms with E-state index in [2.05, 4.69) is 18.3 Å². The maximum atomic E-state index is 12.0. The number of hydrogen-bond acceptors (Lipinski definition) is 4. The van der Waals surface area contributed by atoms with Crippen molar-refractivity contribution in [3.05, 3.63) is 45.0 Å². The number of unbranched alkanes of at least 4 members (excludes halogenated alkanes) is 1. The third-order valence-corrected chi connectivity index (χ3v) is 5.66. The highest BCUT2D eigenvalue weighted by Gasteiger charge is 2.35. The number of amides is 1. The average Bonchev–Trinajstić information content (AvgIpc) is 2.63. The van der Waals surface area contributed by atoms with Crippen LogP contribution >= 0.6 is 23.2 Å². The summed E-state index contributed by atoms with van der Waals surface area (Å²) in [6, 6.07) is 6.11. The van der Waals surface area contributed by atoms with E-state index in [0.717, 1.165) is 49.2 Å². The normalized spacial score (nSPS) is 20.2. The van der Waals surface area contributed by atoms with Crippen LogP contribution in [0.3, 0.4) is 0 Å². The van der Waals surface area contributed by atoms with E-state index < -0.39 is 12.1 Å². The highest BCUT2D eigenvalue weighted by molar-refractivity contribution is 6.42. The van der Waals surface area contributed by atoms with Crippen molar-refractivity contribution in [2.24, 2.45) is 11.5 Å². The molecule has 0 fully saturated rings. The van der Waals surface area contributed by atoms with E-state index in [0.29, 0.717) is 6.54 Å². The number of carbonyl (C=O) groups excluding carboxylic acids is 1. The van der Waals surface area contributed by atoms with Crippen molar-refractivity contribution >= 4 is 40.5 Å². The van der Waals surface area contributed by atoms with Crippen LogP contribution in [0, 0.1) is 0 Å². The first-order chi connectivity index (χ1) is 12.5. The van der Waals surface area contributed by atoms with Gasteiger partial charge in [0.15, 0.2) is 0 Å². The number of fused-ring (bicyclic) bond motifs is 1. The second-order valence-corrected chi connectivity index (χ2v) is 7.40. The van der Waals surface area contributed by atoms with Crippen molar-refractivity contribution in [3.63, 3.8) is 0 Å². The summed E-state index contributed by atoms with van der Waals surface area (Å²) in [7, 11) is 0. The molecule has 5 N–H and O–H groups in total. The number of nitrogens with one attached hydrogen (secondary N) is 1. The molecule has 0 bridgehead atoms. The number of aryl methyl sites for hydroxylation is 1. The number of primary amides is 1. The Morgan fingerprint density at radius 1 is 1.38 bits per heavy atom. The number of nitrogens with two attached hydrogens (primary N) is 2. The van der Waals surface area contributed by atoms with E-state index >= 15 is 0 Å². The molecule has 0 saturated heterocycles. The predicted octanol–water partition coefficient (Wildman–Crippen LogP) is 3.33. The van der Waals surface area contributed by atoms with Gasteiger partial charge in [-0.3, -0.25) is 4.79 Å². The van der Waals surface area contributed by atoms with Crippen molar-refractivity contribution < 1.29 is 4.79 Å². The van der Waals surface area contributed by atoms with Crippen LogP contribution in [-0.2, 0) is 11.2 Å². The van der Waals surface area contributed by atoms with Gasteiger partial charge in [0.2, 0.25) is 0 Å². The van der Waals surface area contributed by atoms with Gasteiger partial charge in [-0.05, 0) is 24.8 Å². The second kappa shape index (κ2) is 7.91. The lowest BCUT2D eigenvalue weighted by atomic mass is 9.94. The van der Waals surface area contributed by atoms with Crippen LogP contribution in [0.15, 0.2) is 33.8 Å². The molecule has 1 unspecified atom stereocenters. The summed E-state index contributed by atoms with van der Waals surface area (Å²) < 4.78 is 0. The molecule has 0 aromatic heterocycles. The minimum atomic E-state index is -0.666. The fraction of sp³-hybridized carbons (Fsp3) is 0.421. The minimum absolute atomic E-state index is 0.108. The van der Waals surface area contributed by atoms with E-state index in [9.17, 15) is 4.79 Å². The molecule has 1 amide bonds. The molecular weight excluding hydrogens is 371 g/mol. The molecule has 2 aliphatic heterocycles. The van der Waals surface area contributed by atoms with Gasteiger partial charge in [0.1, 0.15) is 6.17 Å². The number of para-hydroxylation sites is 1. The van der Waals surface area contributed by atoms with Crippen molar-refractivity contribution in [2.75, 3.05) is 18.4 Å². The van der Waals surface area contributed by atoms with Gasteiger partial charge >= 0.3 is 0 Å². The van der Waals surface area contributed by atoms with Crippen LogP contribution in [0.1, 0.15) is 37.3 Å². The zero-order chi connectivity index (χ0) is 18.8. The van der Waals surface area contributed by atoms with E-state index in [1.54, 1.807) is 0 Å². The molecule has 1 aromatic carbocycles. The van der Waals surface area contributed by atoms with Gasteiger partial charge in [0.25, 0.3) is 5.91 Å². The third kappa shape index (κ3) is 3.31. The van der Waals surface area contributed by atoms with E-state index in [1.165, 1.54) is 5.56 Å². The highest BCUT2D eigenvalue weighted by atomic mass is 35.5. The topological polar surface area (TPSA) is 84.4 Å². The summed E-state index contributed by atoms with van der Waals surface area (Å²) in [6.07, 6.45) is 3.37. The predicted molar refractivity (Wildman–Crippen MR) is 108 cm³/mol. The Morgan fingerprint density at radius 2 is 2.15 bits per heavy atom. The number of benzene rings is 1. The van der Waals surface area contributed by atoms with Gasteiger partial charge in [-0.15, -0.1) is 0 Å². The first-order valence-corrected chi connectivity index (χ1v) is 9.70. The van der Waals surface area contributed by atoms with Gasteiger partial charge in [0.05, 0.1) is 21.3 Å². The van der Waals surface area contributed by atoms with Crippen LogP contribution in [0.4, 0.5) is 5.69 Å². The SMILES string of the molecule is CCCCN1C(c2cccc3c2NCCC3)=C(Cl)C(C(N)=O)=C(Cl)C1N. The van der Waals surface area contributed by atoms with Gasteiger partial charge < -0.3 is 21.7 Å². The Hall–Kier alpha value is -1.69. The fourth-order valence-corrected chi connectivity index (χ4v) is 4.32. The molecule has 26 heavy (non-hydrogen) atoms. The monoisotopic (exact) mass is 394 g/mol. The molecule has 3 rings (SSSR count). The number of nitrogens with zero attached hydrogens (tertiary/aromatic N) is 1. The lowest BCUT2D eigenvalue weighted by Crippen LogP contribution is -2.46. The smallest absolute Gasteiger partial charge is 0.251 e. The Morgan fingerprint density at radius 3 is 2.85 bits per heavy atom. The quantitative estimate of drug-likeness (QED) is 0.714. The molecule has 1 aromatic rings. The Kier molecular flexibility index (Phi) is 5.80. The zero-order valence-corrected chi connectivity index (χ0v) is 16.3.